The molecule has 0 bridgehead atoms. The minimum absolute atomic E-state index is 0.00121. The first-order valence-corrected chi connectivity index (χ1v) is 16.5. The number of rotatable bonds is 8. The van der Waals surface area contributed by atoms with Gasteiger partial charge in [-0.15, -0.1) is 21.9 Å². The number of halogens is 20. The molecule has 0 saturated heterocycles. The number of carbonyl (C=O) groups excluding carboxylic acids is 2. The molecule has 4 nitrogen and oxygen atoms in total. The molecular formula is C38H13BF20N2O2. The molecule has 0 fully saturated rings. The van der Waals surface area contributed by atoms with Crippen molar-refractivity contribution in [1.29, 1.82) is 0 Å². The highest BCUT2D eigenvalue weighted by atomic mass is 19.2. The fourth-order valence-corrected chi connectivity index (χ4v) is 6.47. The van der Waals surface area contributed by atoms with Gasteiger partial charge in [-0.1, -0.05) is 30.3 Å². The maximum atomic E-state index is 15.4. The van der Waals surface area contributed by atoms with Gasteiger partial charge in [-0.2, -0.15) is 4.57 Å². The lowest BCUT2D eigenvalue weighted by Gasteiger charge is -2.44. The largest absolute Gasteiger partial charge is 0.293 e. The molecule has 0 aliphatic rings. The van der Waals surface area contributed by atoms with Crippen LogP contribution in [0.15, 0.2) is 48.9 Å². The second kappa shape index (κ2) is 17.5. The number of ketones is 2. The quantitative estimate of drug-likeness (QED) is 0.0403. The number of carbonyl (C=O) groups is 2. The lowest BCUT2D eigenvalue weighted by molar-refractivity contribution is -0.683. The van der Waals surface area contributed by atoms with Crippen LogP contribution in [0.5, 0.6) is 0 Å². The maximum Gasteiger partial charge on any atom is 0.227 e. The van der Waals surface area contributed by atoms with Crippen molar-refractivity contribution < 1.29 is 102 Å². The van der Waals surface area contributed by atoms with Gasteiger partial charge in [0.25, 0.3) is 0 Å². The van der Waals surface area contributed by atoms with E-state index < -0.39 is 144 Å². The third-order valence-electron chi connectivity index (χ3n) is 9.25. The molecule has 6 rings (SSSR count). The summed E-state index contributed by atoms with van der Waals surface area (Å²) in [4.78, 5) is 27.1. The van der Waals surface area contributed by atoms with Gasteiger partial charge in [0.05, 0.1) is 6.20 Å². The zero-order chi connectivity index (χ0) is 47.3. The van der Waals surface area contributed by atoms with Gasteiger partial charge in [0.2, 0.25) is 12.3 Å². The summed E-state index contributed by atoms with van der Waals surface area (Å²) in [5.41, 5.74) is -13.3. The van der Waals surface area contributed by atoms with Gasteiger partial charge >= 0.3 is 0 Å². The highest BCUT2D eigenvalue weighted by Crippen LogP contribution is 2.30. The third-order valence-corrected chi connectivity index (χ3v) is 9.25. The van der Waals surface area contributed by atoms with Crippen LogP contribution in [-0.4, -0.2) is 22.7 Å². The number of Topliss-reactive ketones (excluding diaryl/α,β-unsaturated/α-hetero) is 2. The zero-order valence-electron chi connectivity index (χ0n) is 30.2. The first kappa shape index (κ1) is 47.2. The molecule has 63 heavy (non-hydrogen) atoms. The summed E-state index contributed by atoms with van der Waals surface area (Å²) in [7, 11) is 0. The van der Waals surface area contributed by atoms with Gasteiger partial charge in [0, 0.05) is 12.5 Å². The zero-order valence-corrected chi connectivity index (χ0v) is 30.2. The SMILES string of the molecule is CC(=O)c1c[n+](CC(=O)c2ccccc2)ccn1.Fc1c(F)c(F)c([B-](c2c(F)c(F)c(F)c(F)c2F)(c2c(F)c(F)c(F)c(F)c2F)c2c(F)c(F)c(F)c(F)c2F)c(F)c1F. The first-order chi connectivity index (χ1) is 29.4. The normalized spacial score (nSPS) is 11.4. The van der Waals surface area contributed by atoms with Crippen LogP contribution in [0, 0.1) is 116 Å². The van der Waals surface area contributed by atoms with Crippen LogP contribution in [0.25, 0.3) is 0 Å². The summed E-state index contributed by atoms with van der Waals surface area (Å²) in [6, 6.07) is 9.06. The monoisotopic (exact) mass is 920 g/mol. The van der Waals surface area contributed by atoms with E-state index in [1.54, 1.807) is 29.1 Å². The van der Waals surface area contributed by atoms with Crippen molar-refractivity contribution >= 4 is 39.6 Å². The fourth-order valence-electron chi connectivity index (χ4n) is 6.47. The van der Waals surface area contributed by atoms with Crippen LogP contribution in [0.2, 0.25) is 0 Å². The number of hydrogen-bond acceptors (Lipinski definition) is 3. The average Bonchev–Trinajstić information content (AvgIpc) is 3.26. The summed E-state index contributed by atoms with van der Waals surface area (Å²) in [6.45, 7) is 1.65. The minimum Gasteiger partial charge on any atom is -0.293 e. The Hall–Kier alpha value is -6.82. The van der Waals surface area contributed by atoms with E-state index in [2.05, 4.69) is 4.98 Å². The molecule has 6 aromatic rings. The standard InChI is InChI=1S/C24BF20.C14H13N2O2/c26-5-1(6(27)14(35)21(42)13(5)34)25(2-7(28)15(36)22(43)16(37)8(2)29,3-9(30)17(38)23(44)18(39)10(3)31)4-11(32)19(40)24(45)20(41)12(4)33;1-11(17)13-9-16(8-7-15-13)10-14(18)12-5-3-2-4-6-12/h;2-9H,10H2,1H3/q-1;+1. The Labute approximate surface area is 336 Å². The van der Waals surface area contributed by atoms with Crippen molar-refractivity contribution in [3.63, 3.8) is 0 Å². The van der Waals surface area contributed by atoms with E-state index in [-0.39, 0.29) is 18.1 Å². The Bertz CT molecular complexity index is 2500. The molecule has 0 aliphatic carbocycles. The summed E-state index contributed by atoms with van der Waals surface area (Å²) in [5, 5.41) is 0. The topological polar surface area (TPSA) is 50.9 Å². The minimum atomic E-state index is -7.22. The summed E-state index contributed by atoms with van der Waals surface area (Å²) >= 11 is 0. The van der Waals surface area contributed by atoms with Crippen molar-refractivity contribution in [3.8, 4) is 0 Å². The first-order valence-electron chi connectivity index (χ1n) is 16.5. The van der Waals surface area contributed by atoms with Crippen molar-refractivity contribution in [2.45, 2.75) is 13.5 Å². The Balaban J connectivity index is 0.000000345. The van der Waals surface area contributed by atoms with Crippen LogP contribution in [0.1, 0.15) is 27.8 Å². The molecule has 0 amide bonds. The molecular weight excluding hydrogens is 907 g/mol. The molecule has 0 saturated carbocycles. The lowest BCUT2D eigenvalue weighted by atomic mass is 9.12. The number of hydrogen-bond donors (Lipinski definition) is 0. The van der Waals surface area contributed by atoms with Crippen LogP contribution in [-0.2, 0) is 6.54 Å². The Morgan fingerprint density at radius 1 is 0.444 bits per heavy atom. The number of aromatic nitrogens is 2. The second-order valence-electron chi connectivity index (χ2n) is 12.8. The summed E-state index contributed by atoms with van der Waals surface area (Å²) in [5.74, 6) is -71.5. The molecule has 5 aromatic carbocycles. The Morgan fingerprint density at radius 3 is 0.984 bits per heavy atom. The predicted molar refractivity (Wildman–Crippen MR) is 174 cm³/mol. The highest BCUT2D eigenvalue weighted by molar-refractivity contribution is 7.20. The van der Waals surface area contributed by atoms with E-state index in [0.29, 0.717) is 11.3 Å². The molecule has 1 heterocycles. The fraction of sp³-hybridized carbons (Fsp3) is 0.0526. The molecule has 0 unspecified atom stereocenters. The average molecular weight is 920 g/mol. The van der Waals surface area contributed by atoms with E-state index in [0.717, 1.165) is 0 Å². The lowest BCUT2D eigenvalue weighted by Crippen LogP contribution is -2.81. The van der Waals surface area contributed by atoms with Gasteiger partial charge in [-0.25, -0.2) is 92.8 Å². The van der Waals surface area contributed by atoms with Crippen molar-refractivity contribution in [2.24, 2.45) is 0 Å². The van der Waals surface area contributed by atoms with Gasteiger partial charge in [0.1, 0.15) is 52.7 Å². The highest BCUT2D eigenvalue weighted by Gasteiger charge is 2.52. The van der Waals surface area contributed by atoms with Crippen molar-refractivity contribution in [1.82, 2.24) is 4.98 Å². The van der Waals surface area contributed by atoms with Crippen LogP contribution in [0.3, 0.4) is 0 Å². The van der Waals surface area contributed by atoms with Gasteiger partial charge in [-0.3, -0.25) is 9.59 Å². The summed E-state index contributed by atoms with van der Waals surface area (Å²) < 4.78 is 296. The molecule has 0 spiro atoms. The van der Waals surface area contributed by atoms with E-state index in [1.165, 1.54) is 13.1 Å². The number of nitrogens with zero attached hydrogens (tertiary/aromatic N) is 2. The predicted octanol–water partition coefficient (Wildman–Crippen LogP) is 7.30. The van der Waals surface area contributed by atoms with Gasteiger partial charge in [-0.05, 0) is 0 Å². The van der Waals surface area contributed by atoms with Crippen LogP contribution >= 0.6 is 0 Å². The maximum absolute atomic E-state index is 15.4. The number of benzene rings is 5. The van der Waals surface area contributed by atoms with Gasteiger partial charge in [0.15, 0.2) is 93.7 Å². The molecule has 330 valence electrons. The van der Waals surface area contributed by atoms with Crippen molar-refractivity contribution in [3.05, 3.63) is 177 Å². The Morgan fingerprint density at radius 2 is 0.714 bits per heavy atom. The Kier molecular flexibility index (Phi) is 13.1. The summed E-state index contributed by atoms with van der Waals surface area (Å²) in [6.07, 6.45) is -2.43. The molecule has 0 radical (unpaired) electrons. The molecule has 1 aromatic heterocycles. The van der Waals surface area contributed by atoms with Gasteiger partial charge < -0.3 is 0 Å². The van der Waals surface area contributed by atoms with E-state index >= 15 is 35.1 Å². The third kappa shape index (κ3) is 7.61. The molecule has 0 N–H and O–H groups in total. The van der Waals surface area contributed by atoms with Crippen molar-refractivity contribution in [2.75, 3.05) is 0 Å². The van der Waals surface area contributed by atoms with Crippen LogP contribution in [0.4, 0.5) is 87.8 Å². The smallest absolute Gasteiger partial charge is 0.227 e. The molecule has 25 heteroatoms. The van der Waals surface area contributed by atoms with E-state index in [4.69, 9.17) is 0 Å². The van der Waals surface area contributed by atoms with E-state index in [9.17, 15) is 62.3 Å². The van der Waals surface area contributed by atoms with E-state index in [1.807, 2.05) is 18.2 Å². The molecule has 0 atom stereocenters. The van der Waals surface area contributed by atoms with Crippen LogP contribution < -0.4 is 26.4 Å². The molecule has 0 aliphatic heterocycles. The second-order valence-corrected chi connectivity index (χ2v) is 12.8.